The minimum atomic E-state index is 0.142. The molecule has 1 aromatic rings. The summed E-state index contributed by atoms with van der Waals surface area (Å²) in [5.41, 5.74) is 5.98. The molecule has 0 aliphatic heterocycles. The van der Waals surface area contributed by atoms with E-state index in [0.29, 0.717) is 0 Å². The Balaban J connectivity index is 2.44. The van der Waals surface area contributed by atoms with Gasteiger partial charge in [0.2, 0.25) is 0 Å². The van der Waals surface area contributed by atoms with E-state index < -0.39 is 0 Å². The van der Waals surface area contributed by atoms with Crippen molar-refractivity contribution in [2.24, 2.45) is 5.73 Å². The van der Waals surface area contributed by atoms with Gasteiger partial charge in [-0.2, -0.15) is 0 Å². The van der Waals surface area contributed by atoms with Crippen molar-refractivity contribution in [3.63, 3.8) is 0 Å². The number of aryl methyl sites for hydroxylation is 1. The molecule has 0 aromatic carbocycles. The Bertz CT molecular complexity index is 273. The van der Waals surface area contributed by atoms with Gasteiger partial charge in [0, 0.05) is 45.1 Å². The summed E-state index contributed by atoms with van der Waals surface area (Å²) < 4.78 is 7.18. The Labute approximate surface area is 91.4 Å². The van der Waals surface area contributed by atoms with Crippen LogP contribution in [0.25, 0.3) is 0 Å². The molecule has 86 valence electrons. The Morgan fingerprint density at radius 2 is 2.40 bits per heavy atom. The fourth-order valence-corrected chi connectivity index (χ4v) is 1.58. The molecule has 0 fully saturated rings. The molecule has 0 saturated heterocycles. The third-order valence-corrected chi connectivity index (χ3v) is 2.40. The SMILES string of the molecule is CCCn1ccnc1CC(N)CCOC. The summed E-state index contributed by atoms with van der Waals surface area (Å²) in [5, 5.41) is 0. The van der Waals surface area contributed by atoms with Crippen LogP contribution in [0.1, 0.15) is 25.6 Å². The second-order valence-electron chi connectivity index (χ2n) is 3.78. The quantitative estimate of drug-likeness (QED) is 0.737. The van der Waals surface area contributed by atoms with Crippen LogP contribution < -0.4 is 5.73 Å². The summed E-state index contributed by atoms with van der Waals surface area (Å²) in [5.74, 6) is 1.08. The average Bonchev–Trinajstić information content (AvgIpc) is 2.63. The van der Waals surface area contributed by atoms with Gasteiger partial charge in [-0.1, -0.05) is 6.92 Å². The van der Waals surface area contributed by atoms with Crippen LogP contribution in [0.4, 0.5) is 0 Å². The maximum Gasteiger partial charge on any atom is 0.110 e. The zero-order valence-corrected chi connectivity index (χ0v) is 9.65. The number of nitrogens with two attached hydrogens (primary N) is 1. The van der Waals surface area contributed by atoms with E-state index in [1.165, 1.54) is 0 Å². The number of rotatable bonds is 7. The number of ether oxygens (including phenoxy) is 1. The summed E-state index contributed by atoms with van der Waals surface area (Å²) >= 11 is 0. The molecular formula is C11H21N3O. The van der Waals surface area contributed by atoms with Crippen LogP contribution in [-0.2, 0) is 17.7 Å². The van der Waals surface area contributed by atoms with E-state index >= 15 is 0 Å². The predicted octanol–water partition coefficient (Wildman–Crippen LogP) is 1.20. The first-order valence-corrected chi connectivity index (χ1v) is 5.52. The number of methoxy groups -OCH3 is 1. The second kappa shape index (κ2) is 6.58. The van der Waals surface area contributed by atoms with Gasteiger partial charge in [0.25, 0.3) is 0 Å². The standard InChI is InChI=1S/C11H21N3O/c1-3-6-14-7-5-13-11(14)9-10(12)4-8-15-2/h5,7,10H,3-4,6,8-9,12H2,1-2H3. The molecule has 1 unspecified atom stereocenters. The van der Waals surface area contributed by atoms with Crippen molar-refractivity contribution in [3.8, 4) is 0 Å². The van der Waals surface area contributed by atoms with E-state index in [1.807, 2.05) is 12.4 Å². The van der Waals surface area contributed by atoms with Crippen LogP contribution in [0.15, 0.2) is 12.4 Å². The molecule has 2 N–H and O–H groups in total. The van der Waals surface area contributed by atoms with Gasteiger partial charge in [0.1, 0.15) is 5.82 Å². The molecule has 0 aliphatic rings. The largest absolute Gasteiger partial charge is 0.385 e. The molecule has 4 heteroatoms. The third-order valence-electron chi connectivity index (χ3n) is 2.40. The summed E-state index contributed by atoms with van der Waals surface area (Å²) in [4.78, 5) is 4.33. The van der Waals surface area contributed by atoms with E-state index in [1.54, 1.807) is 7.11 Å². The lowest BCUT2D eigenvalue weighted by molar-refractivity contribution is 0.187. The topological polar surface area (TPSA) is 53.1 Å². The van der Waals surface area contributed by atoms with Crippen molar-refractivity contribution < 1.29 is 4.74 Å². The normalized spacial score (nSPS) is 13.0. The number of nitrogens with zero attached hydrogens (tertiary/aromatic N) is 2. The van der Waals surface area contributed by atoms with Crippen molar-refractivity contribution >= 4 is 0 Å². The Morgan fingerprint density at radius 1 is 1.60 bits per heavy atom. The number of imidazole rings is 1. The number of hydrogen-bond acceptors (Lipinski definition) is 3. The second-order valence-corrected chi connectivity index (χ2v) is 3.78. The Hall–Kier alpha value is -0.870. The molecule has 0 amide bonds. The van der Waals surface area contributed by atoms with Gasteiger partial charge >= 0.3 is 0 Å². The van der Waals surface area contributed by atoms with Gasteiger partial charge in [-0.05, 0) is 12.8 Å². The maximum atomic E-state index is 5.98. The third kappa shape index (κ3) is 4.01. The molecule has 1 atom stereocenters. The first-order valence-electron chi connectivity index (χ1n) is 5.52. The van der Waals surface area contributed by atoms with Crippen LogP contribution >= 0.6 is 0 Å². The molecule has 1 rings (SSSR count). The molecule has 1 aromatic heterocycles. The van der Waals surface area contributed by atoms with Crippen molar-refractivity contribution in [2.75, 3.05) is 13.7 Å². The summed E-state index contributed by atoms with van der Waals surface area (Å²) in [6.07, 6.45) is 6.69. The minimum absolute atomic E-state index is 0.142. The number of aromatic nitrogens is 2. The summed E-state index contributed by atoms with van der Waals surface area (Å²) in [7, 11) is 1.70. The Kier molecular flexibility index (Phi) is 5.36. The van der Waals surface area contributed by atoms with Gasteiger partial charge in [-0.3, -0.25) is 0 Å². The van der Waals surface area contributed by atoms with Crippen molar-refractivity contribution in [1.29, 1.82) is 0 Å². The highest BCUT2D eigenvalue weighted by Gasteiger charge is 2.08. The van der Waals surface area contributed by atoms with E-state index in [2.05, 4.69) is 16.5 Å². The first kappa shape index (κ1) is 12.2. The smallest absolute Gasteiger partial charge is 0.110 e. The van der Waals surface area contributed by atoms with Crippen molar-refractivity contribution in [1.82, 2.24) is 9.55 Å². The molecule has 4 nitrogen and oxygen atoms in total. The van der Waals surface area contributed by atoms with E-state index in [9.17, 15) is 0 Å². The predicted molar refractivity (Wildman–Crippen MR) is 60.7 cm³/mol. The average molecular weight is 211 g/mol. The fraction of sp³-hybridized carbons (Fsp3) is 0.727. The fourth-order valence-electron chi connectivity index (χ4n) is 1.58. The monoisotopic (exact) mass is 211 g/mol. The molecule has 0 aliphatic carbocycles. The van der Waals surface area contributed by atoms with Gasteiger partial charge < -0.3 is 15.0 Å². The molecule has 1 heterocycles. The lowest BCUT2D eigenvalue weighted by Crippen LogP contribution is -2.26. The molecule has 0 radical (unpaired) electrons. The highest BCUT2D eigenvalue weighted by molar-refractivity contribution is 4.95. The van der Waals surface area contributed by atoms with Gasteiger partial charge in [-0.15, -0.1) is 0 Å². The van der Waals surface area contributed by atoms with Crippen molar-refractivity contribution in [2.45, 2.75) is 38.8 Å². The van der Waals surface area contributed by atoms with Crippen LogP contribution in [-0.4, -0.2) is 29.3 Å². The summed E-state index contributed by atoms with van der Waals surface area (Å²) in [6, 6.07) is 0.142. The summed E-state index contributed by atoms with van der Waals surface area (Å²) in [6.45, 7) is 3.90. The zero-order chi connectivity index (χ0) is 11.1. The van der Waals surface area contributed by atoms with E-state index in [-0.39, 0.29) is 6.04 Å². The van der Waals surface area contributed by atoms with Crippen molar-refractivity contribution in [3.05, 3.63) is 18.2 Å². The maximum absolute atomic E-state index is 5.98. The van der Waals surface area contributed by atoms with Crippen LogP contribution in [0.5, 0.6) is 0 Å². The molecule has 0 bridgehead atoms. The lowest BCUT2D eigenvalue weighted by Gasteiger charge is -2.12. The van der Waals surface area contributed by atoms with E-state index in [0.717, 1.165) is 38.2 Å². The van der Waals surface area contributed by atoms with Crippen LogP contribution in [0, 0.1) is 0 Å². The van der Waals surface area contributed by atoms with E-state index in [4.69, 9.17) is 10.5 Å². The first-order chi connectivity index (χ1) is 7.27. The molecule has 0 spiro atoms. The van der Waals surface area contributed by atoms with Gasteiger partial charge in [-0.25, -0.2) is 4.98 Å². The highest BCUT2D eigenvalue weighted by atomic mass is 16.5. The number of hydrogen-bond donors (Lipinski definition) is 1. The van der Waals surface area contributed by atoms with Crippen LogP contribution in [0.3, 0.4) is 0 Å². The van der Waals surface area contributed by atoms with Gasteiger partial charge in [0.15, 0.2) is 0 Å². The van der Waals surface area contributed by atoms with Crippen LogP contribution in [0.2, 0.25) is 0 Å². The molecular weight excluding hydrogens is 190 g/mol. The molecule has 15 heavy (non-hydrogen) atoms. The Morgan fingerprint density at radius 3 is 3.07 bits per heavy atom. The molecule has 0 saturated carbocycles. The highest BCUT2D eigenvalue weighted by Crippen LogP contribution is 2.04. The minimum Gasteiger partial charge on any atom is -0.385 e. The lowest BCUT2D eigenvalue weighted by atomic mass is 10.1. The van der Waals surface area contributed by atoms with Gasteiger partial charge in [0.05, 0.1) is 0 Å². The zero-order valence-electron chi connectivity index (χ0n) is 9.65.